The summed E-state index contributed by atoms with van der Waals surface area (Å²) in [6.07, 6.45) is 14.6. The Labute approximate surface area is 371 Å². The smallest absolute Gasteiger partial charge is 0.303 e. The number of rotatable bonds is 23. The van der Waals surface area contributed by atoms with E-state index in [0.717, 1.165) is 80.5 Å². The number of aromatic amines is 1. The lowest BCUT2D eigenvalue weighted by molar-refractivity contribution is -0.137. The Bertz CT molecular complexity index is 2350. The number of fused-ring (bicyclic) bond motifs is 2. The predicted octanol–water partition coefficient (Wildman–Crippen LogP) is 7.80. The Morgan fingerprint density at radius 2 is 1.70 bits per heavy atom. The highest BCUT2D eigenvalue weighted by atomic mass is 32.2. The van der Waals surface area contributed by atoms with E-state index in [1.807, 2.05) is 26.0 Å². The standard InChI is InChI=1S/C47H66N8O7S/c1-31-32(2)52-53-44(31)51-45-36-27-41(63(60,61)47(3,4)5)40(28-38(36)49-30-50-45)62-26-22-33-20-24-54(25-21-33)23-13-11-9-7-6-8-10-12-15-34-16-14-17-35-37(34)29-55(46(35)59)39(43(48)58)18-19-42(56)57/h14,16-17,27-28,30,33,39H,6-13,15,18-26,29H2,1-5H3,(H2,48,58)(H,56,57)(H2,49,50,51,52,53). The fraction of sp³-hybridized carbons (Fsp3) is 0.574. The SMILES string of the molecule is Cc1[nH]nc(Nc2ncnc3cc(OCCC4CCN(CCCCCCCCCCc5cccc6c5CN(C(CCC(=O)O)C(N)=O)C6=O)CC4)c(S(=O)(=O)C(C)(C)C)cc23)c1C. The molecule has 2 amide bonds. The summed E-state index contributed by atoms with van der Waals surface area (Å²) in [5.74, 6) is -0.0170. The first-order valence-electron chi connectivity index (χ1n) is 22.6. The van der Waals surface area contributed by atoms with Gasteiger partial charge in [-0.05, 0) is 128 Å². The molecule has 4 aromatic rings. The summed E-state index contributed by atoms with van der Waals surface area (Å²) >= 11 is 0. The molecule has 0 saturated carbocycles. The molecule has 6 rings (SSSR count). The molecule has 2 aliphatic rings. The molecule has 0 bridgehead atoms. The van der Waals surface area contributed by atoms with Crippen LogP contribution in [0.3, 0.4) is 0 Å². The summed E-state index contributed by atoms with van der Waals surface area (Å²) in [6, 6.07) is 8.14. The number of ether oxygens (including phenoxy) is 1. The summed E-state index contributed by atoms with van der Waals surface area (Å²) in [7, 11) is -3.76. The Hall–Kier alpha value is -5.09. The van der Waals surface area contributed by atoms with Crippen LogP contribution in [0.25, 0.3) is 10.9 Å². The van der Waals surface area contributed by atoms with Gasteiger partial charge >= 0.3 is 5.97 Å². The Morgan fingerprint density at radius 1 is 1.00 bits per heavy atom. The van der Waals surface area contributed by atoms with Crippen LogP contribution in [0.2, 0.25) is 0 Å². The van der Waals surface area contributed by atoms with Crippen molar-refractivity contribution in [2.24, 2.45) is 11.7 Å². The summed E-state index contributed by atoms with van der Waals surface area (Å²) < 4.78 is 33.1. The second-order valence-corrected chi connectivity index (χ2v) is 21.0. The van der Waals surface area contributed by atoms with Crippen molar-refractivity contribution in [2.75, 3.05) is 31.6 Å². The molecule has 342 valence electrons. The molecule has 2 aromatic carbocycles. The molecule has 0 radical (unpaired) electrons. The summed E-state index contributed by atoms with van der Waals surface area (Å²) in [4.78, 5) is 49.4. The fourth-order valence-electron chi connectivity index (χ4n) is 8.70. The molecule has 4 heterocycles. The molecule has 5 N–H and O–H groups in total. The number of hydrogen-bond acceptors (Lipinski definition) is 11. The van der Waals surface area contributed by atoms with Gasteiger partial charge in [0.25, 0.3) is 5.91 Å². The number of carbonyl (C=O) groups is 3. The molecule has 16 heteroatoms. The lowest BCUT2D eigenvalue weighted by Crippen LogP contribution is -2.45. The van der Waals surface area contributed by atoms with Crippen molar-refractivity contribution < 1.29 is 32.6 Å². The van der Waals surface area contributed by atoms with Crippen molar-refractivity contribution in [1.29, 1.82) is 0 Å². The topological polar surface area (TPSA) is 214 Å². The number of hydrogen-bond donors (Lipinski definition) is 4. The van der Waals surface area contributed by atoms with Crippen LogP contribution < -0.4 is 15.8 Å². The highest BCUT2D eigenvalue weighted by molar-refractivity contribution is 7.92. The molecule has 0 spiro atoms. The van der Waals surface area contributed by atoms with Gasteiger partial charge in [0.05, 0.1) is 16.9 Å². The highest BCUT2D eigenvalue weighted by Gasteiger charge is 2.37. The number of amides is 2. The molecule has 1 atom stereocenters. The highest BCUT2D eigenvalue weighted by Crippen LogP contribution is 2.38. The van der Waals surface area contributed by atoms with Crippen LogP contribution in [0.5, 0.6) is 5.75 Å². The number of nitrogens with two attached hydrogens (primary N) is 1. The number of primary amides is 1. The lowest BCUT2D eigenvalue weighted by atomic mass is 9.94. The van der Waals surface area contributed by atoms with Gasteiger partial charge in [0.15, 0.2) is 15.7 Å². The third kappa shape index (κ3) is 11.7. The number of benzene rings is 2. The number of anilines is 2. The quantitative estimate of drug-likeness (QED) is 0.0525. The van der Waals surface area contributed by atoms with E-state index in [-0.39, 0.29) is 30.2 Å². The van der Waals surface area contributed by atoms with Gasteiger partial charge in [-0.15, -0.1) is 0 Å². The van der Waals surface area contributed by atoms with Gasteiger partial charge in [-0.1, -0.05) is 50.7 Å². The van der Waals surface area contributed by atoms with Crippen LogP contribution in [0, 0.1) is 19.8 Å². The Kier molecular flexibility index (Phi) is 15.8. The lowest BCUT2D eigenvalue weighted by Gasteiger charge is -2.32. The number of carboxylic acids is 1. The zero-order chi connectivity index (χ0) is 45.3. The van der Waals surface area contributed by atoms with Gasteiger partial charge in [-0.2, -0.15) is 5.10 Å². The molecule has 1 saturated heterocycles. The molecule has 15 nitrogen and oxygen atoms in total. The first-order valence-corrected chi connectivity index (χ1v) is 24.1. The van der Waals surface area contributed by atoms with Crippen molar-refractivity contribution in [3.8, 4) is 5.75 Å². The normalized spacial score (nSPS) is 15.5. The number of H-pyrrole nitrogens is 1. The number of likely N-dealkylation sites (tertiary alicyclic amines) is 1. The number of carboxylic acid groups (broad SMARTS) is 1. The number of carbonyl (C=O) groups excluding carboxylic acids is 2. The van der Waals surface area contributed by atoms with Crippen molar-refractivity contribution in [1.82, 2.24) is 30.0 Å². The van der Waals surface area contributed by atoms with Crippen molar-refractivity contribution in [3.05, 3.63) is 64.6 Å². The number of sulfone groups is 1. The third-order valence-electron chi connectivity index (χ3n) is 12.9. The maximum atomic E-state index is 13.9. The number of unbranched alkanes of at least 4 members (excludes halogenated alkanes) is 7. The van der Waals surface area contributed by atoms with Crippen LogP contribution in [0.15, 0.2) is 41.6 Å². The average molecular weight is 887 g/mol. The van der Waals surface area contributed by atoms with Gasteiger partial charge in [0.2, 0.25) is 5.91 Å². The summed E-state index contributed by atoms with van der Waals surface area (Å²) in [5.41, 5.74) is 10.7. The monoisotopic (exact) mass is 886 g/mol. The van der Waals surface area contributed by atoms with Gasteiger partial charge in [-0.3, -0.25) is 19.5 Å². The number of aromatic nitrogens is 4. The molecule has 1 unspecified atom stereocenters. The minimum atomic E-state index is -3.76. The van der Waals surface area contributed by atoms with Crippen molar-refractivity contribution >= 4 is 50.2 Å². The van der Waals surface area contributed by atoms with Gasteiger partial charge in [0.1, 0.15) is 28.8 Å². The molecule has 0 aliphatic carbocycles. The summed E-state index contributed by atoms with van der Waals surface area (Å²) in [5, 5.41) is 20.2. The largest absolute Gasteiger partial charge is 0.492 e. The molecule has 2 aromatic heterocycles. The number of nitrogens with zero attached hydrogens (tertiary/aromatic N) is 5. The van der Waals surface area contributed by atoms with Gasteiger partial charge in [-0.25, -0.2) is 18.4 Å². The van der Waals surface area contributed by atoms with Crippen LogP contribution in [-0.2, 0) is 32.4 Å². The van der Waals surface area contributed by atoms with E-state index in [4.69, 9.17) is 15.6 Å². The van der Waals surface area contributed by atoms with E-state index in [9.17, 15) is 22.8 Å². The second-order valence-electron chi connectivity index (χ2n) is 18.3. The second kappa shape index (κ2) is 21.1. The van der Waals surface area contributed by atoms with E-state index in [2.05, 4.69) is 30.4 Å². The zero-order valence-electron chi connectivity index (χ0n) is 37.7. The minimum Gasteiger partial charge on any atom is -0.492 e. The zero-order valence-corrected chi connectivity index (χ0v) is 38.5. The molecule has 2 aliphatic heterocycles. The molecular weight excluding hydrogens is 821 g/mol. The van der Waals surface area contributed by atoms with E-state index < -0.39 is 32.5 Å². The molecular formula is C47H66N8O7S. The summed E-state index contributed by atoms with van der Waals surface area (Å²) in [6.45, 7) is 13.0. The van der Waals surface area contributed by atoms with Crippen LogP contribution in [0.4, 0.5) is 11.6 Å². The average Bonchev–Trinajstić information content (AvgIpc) is 3.74. The Morgan fingerprint density at radius 3 is 2.35 bits per heavy atom. The minimum absolute atomic E-state index is 0.00805. The number of piperidine rings is 1. The van der Waals surface area contributed by atoms with E-state index in [1.54, 1.807) is 39.0 Å². The predicted molar refractivity (Wildman–Crippen MR) is 244 cm³/mol. The molecule has 63 heavy (non-hydrogen) atoms. The maximum absolute atomic E-state index is 13.9. The fourth-order valence-corrected chi connectivity index (χ4v) is 10.0. The Balaban J connectivity index is 0.874. The van der Waals surface area contributed by atoms with Crippen LogP contribution in [0.1, 0.15) is 137 Å². The first-order chi connectivity index (χ1) is 30.0. The molecule has 1 fully saturated rings. The van der Waals surface area contributed by atoms with E-state index in [1.165, 1.54) is 49.8 Å². The first kappa shape index (κ1) is 47.4. The van der Waals surface area contributed by atoms with Gasteiger partial charge < -0.3 is 30.7 Å². The van der Waals surface area contributed by atoms with Gasteiger partial charge in [0, 0.05) is 41.2 Å². The maximum Gasteiger partial charge on any atom is 0.303 e. The number of aliphatic carboxylic acids is 1. The van der Waals surface area contributed by atoms with Crippen molar-refractivity contribution in [3.63, 3.8) is 0 Å². The van der Waals surface area contributed by atoms with E-state index >= 15 is 0 Å². The van der Waals surface area contributed by atoms with Crippen molar-refractivity contribution in [2.45, 2.75) is 147 Å². The van der Waals surface area contributed by atoms with E-state index in [0.29, 0.717) is 46.4 Å². The van der Waals surface area contributed by atoms with Crippen LogP contribution in [-0.4, -0.2) is 98.3 Å². The number of aryl methyl sites for hydroxylation is 2. The number of nitrogens with one attached hydrogen (secondary N) is 2. The van der Waals surface area contributed by atoms with Crippen LogP contribution >= 0.6 is 0 Å². The third-order valence-corrected chi connectivity index (χ3v) is 15.4.